The monoisotopic (exact) mass is 501 g/mol. The maximum Gasteiger partial charge on any atom is 0.240 e. The number of carbonyl (C=O) groups excluding carboxylic acids is 2. The van der Waals surface area contributed by atoms with E-state index in [4.69, 9.17) is 27.3 Å². The highest BCUT2D eigenvalue weighted by Gasteiger charge is 2.34. The van der Waals surface area contributed by atoms with E-state index in [0.717, 1.165) is 16.7 Å². The number of nitrogens with zero attached hydrogens (tertiary/aromatic N) is 1. The lowest BCUT2D eigenvalue weighted by molar-refractivity contribution is -0.141. The zero-order chi connectivity index (χ0) is 26.8. The number of nitrogens with one attached hydrogen (secondary N) is 1. The molecule has 8 heteroatoms. The van der Waals surface area contributed by atoms with Gasteiger partial charge in [-0.05, 0) is 48.1 Å². The van der Waals surface area contributed by atoms with E-state index in [1.165, 1.54) is 0 Å². The molecule has 2 atom stereocenters. The normalized spacial score (nSPS) is 12.5. The molecule has 3 rings (SSSR count). The molecular formula is C29H35N5O3. The van der Waals surface area contributed by atoms with Gasteiger partial charge in [0.25, 0.3) is 0 Å². The number of amides is 2. The van der Waals surface area contributed by atoms with Crippen molar-refractivity contribution in [2.24, 2.45) is 17.2 Å². The van der Waals surface area contributed by atoms with Crippen molar-refractivity contribution in [2.75, 3.05) is 7.11 Å². The van der Waals surface area contributed by atoms with Crippen LogP contribution >= 0.6 is 0 Å². The van der Waals surface area contributed by atoms with Crippen molar-refractivity contribution in [1.29, 1.82) is 5.41 Å². The van der Waals surface area contributed by atoms with Crippen molar-refractivity contribution in [1.82, 2.24) is 4.90 Å². The molecule has 37 heavy (non-hydrogen) atoms. The largest absolute Gasteiger partial charge is 0.497 e. The Morgan fingerprint density at radius 2 is 1.41 bits per heavy atom. The number of carbonyl (C=O) groups is 2. The molecule has 0 aliphatic rings. The van der Waals surface area contributed by atoms with Crippen LogP contribution in [0.15, 0.2) is 84.9 Å². The molecule has 0 fully saturated rings. The van der Waals surface area contributed by atoms with Crippen LogP contribution in [0.5, 0.6) is 5.75 Å². The SMILES string of the molecule is COc1ccc(CN(C(=O)C(c2ccccc2)c2ccccc2)[C@@H](CCCC(N)C(=N)N)C(N)=O)cc1. The van der Waals surface area contributed by atoms with E-state index in [9.17, 15) is 9.59 Å². The van der Waals surface area contributed by atoms with E-state index in [1.54, 1.807) is 12.0 Å². The van der Waals surface area contributed by atoms with Crippen molar-refractivity contribution in [3.63, 3.8) is 0 Å². The van der Waals surface area contributed by atoms with E-state index < -0.39 is 23.9 Å². The van der Waals surface area contributed by atoms with E-state index >= 15 is 0 Å². The van der Waals surface area contributed by atoms with Crippen LogP contribution < -0.4 is 21.9 Å². The summed E-state index contributed by atoms with van der Waals surface area (Å²) in [4.78, 5) is 28.7. The summed E-state index contributed by atoms with van der Waals surface area (Å²) in [5.74, 6) is -0.874. The first-order valence-corrected chi connectivity index (χ1v) is 12.2. The van der Waals surface area contributed by atoms with Gasteiger partial charge in [-0.3, -0.25) is 15.0 Å². The third-order valence-electron chi connectivity index (χ3n) is 6.40. The van der Waals surface area contributed by atoms with E-state index in [1.807, 2.05) is 84.9 Å². The van der Waals surface area contributed by atoms with Gasteiger partial charge in [-0.15, -0.1) is 0 Å². The standard InChI is InChI=1S/C29H35N5O3/c1-37-23-17-15-20(16-18-23)19-34(25(28(33)35)14-8-13-24(30)27(31)32)29(36)26(21-9-4-2-5-10-21)22-11-6-3-7-12-22/h2-7,9-12,15-18,24-26H,8,13-14,19,30H2,1H3,(H3,31,32)(H2,33,35)/t24?,25-/m0/s1. The second kappa shape index (κ2) is 13.2. The number of hydrogen-bond acceptors (Lipinski definition) is 5. The Morgan fingerprint density at radius 1 is 0.865 bits per heavy atom. The van der Waals surface area contributed by atoms with Crippen LogP contribution in [0.25, 0.3) is 0 Å². The van der Waals surface area contributed by atoms with Gasteiger partial charge in [0.1, 0.15) is 17.6 Å². The Bertz CT molecular complexity index is 1130. The summed E-state index contributed by atoms with van der Waals surface area (Å²) >= 11 is 0. The van der Waals surface area contributed by atoms with Crippen molar-refractivity contribution < 1.29 is 14.3 Å². The second-order valence-electron chi connectivity index (χ2n) is 8.98. The van der Waals surface area contributed by atoms with Crippen LogP contribution in [0.4, 0.5) is 0 Å². The topological polar surface area (TPSA) is 149 Å². The highest BCUT2D eigenvalue weighted by Crippen LogP contribution is 2.29. The van der Waals surface area contributed by atoms with Crippen LogP contribution in [-0.4, -0.2) is 41.7 Å². The number of amidine groups is 1. The van der Waals surface area contributed by atoms with Gasteiger partial charge in [-0.1, -0.05) is 72.8 Å². The molecule has 2 amide bonds. The fraction of sp³-hybridized carbons (Fsp3) is 0.276. The number of hydrogen-bond donors (Lipinski definition) is 4. The molecule has 3 aromatic rings. The fourth-order valence-electron chi connectivity index (χ4n) is 4.34. The first-order valence-electron chi connectivity index (χ1n) is 12.2. The molecular weight excluding hydrogens is 466 g/mol. The van der Waals surface area contributed by atoms with Gasteiger partial charge < -0.3 is 26.8 Å². The quantitative estimate of drug-likeness (QED) is 0.210. The zero-order valence-electron chi connectivity index (χ0n) is 21.0. The van der Waals surface area contributed by atoms with Crippen LogP contribution in [-0.2, 0) is 16.1 Å². The van der Waals surface area contributed by atoms with Gasteiger partial charge in [0, 0.05) is 6.54 Å². The Kier molecular flexibility index (Phi) is 9.80. The summed E-state index contributed by atoms with van der Waals surface area (Å²) in [6, 6.07) is 24.9. The van der Waals surface area contributed by atoms with Crippen molar-refractivity contribution in [2.45, 2.75) is 43.8 Å². The minimum atomic E-state index is -0.872. The van der Waals surface area contributed by atoms with Crippen molar-refractivity contribution in [3.8, 4) is 5.75 Å². The van der Waals surface area contributed by atoms with Crippen LogP contribution in [0, 0.1) is 5.41 Å². The predicted molar refractivity (Wildman–Crippen MR) is 145 cm³/mol. The number of nitrogens with two attached hydrogens (primary N) is 3. The Morgan fingerprint density at radius 3 is 1.86 bits per heavy atom. The maximum atomic E-state index is 14.3. The van der Waals surface area contributed by atoms with Gasteiger partial charge in [-0.25, -0.2) is 0 Å². The summed E-state index contributed by atoms with van der Waals surface area (Å²) in [7, 11) is 1.59. The number of ether oxygens (including phenoxy) is 1. The molecule has 1 unspecified atom stereocenters. The smallest absolute Gasteiger partial charge is 0.240 e. The van der Waals surface area contributed by atoms with Crippen LogP contribution in [0.2, 0.25) is 0 Å². The van der Waals surface area contributed by atoms with Gasteiger partial charge >= 0.3 is 0 Å². The van der Waals surface area contributed by atoms with Gasteiger partial charge in [0.2, 0.25) is 11.8 Å². The lowest BCUT2D eigenvalue weighted by atomic mass is 9.89. The summed E-state index contributed by atoms with van der Waals surface area (Å²) in [5, 5.41) is 7.54. The minimum Gasteiger partial charge on any atom is -0.497 e. The third kappa shape index (κ3) is 7.41. The average Bonchev–Trinajstić information content (AvgIpc) is 2.91. The lowest BCUT2D eigenvalue weighted by Gasteiger charge is -2.33. The summed E-state index contributed by atoms with van der Waals surface area (Å²) in [5.41, 5.74) is 19.8. The predicted octanol–water partition coefficient (Wildman–Crippen LogP) is 3.14. The van der Waals surface area contributed by atoms with Gasteiger partial charge in [-0.2, -0.15) is 0 Å². The van der Waals surface area contributed by atoms with E-state index in [-0.39, 0.29) is 18.3 Å². The highest BCUT2D eigenvalue weighted by atomic mass is 16.5. The van der Waals surface area contributed by atoms with Crippen molar-refractivity contribution in [3.05, 3.63) is 102 Å². The second-order valence-corrected chi connectivity index (χ2v) is 8.98. The number of rotatable bonds is 13. The fourth-order valence-corrected chi connectivity index (χ4v) is 4.34. The van der Waals surface area contributed by atoms with Crippen LogP contribution in [0.3, 0.4) is 0 Å². The Balaban J connectivity index is 2.00. The van der Waals surface area contributed by atoms with Gasteiger partial charge in [0.15, 0.2) is 0 Å². The molecule has 7 N–H and O–H groups in total. The molecule has 0 saturated carbocycles. The molecule has 3 aromatic carbocycles. The van der Waals surface area contributed by atoms with Gasteiger partial charge in [0.05, 0.1) is 19.1 Å². The molecule has 0 radical (unpaired) electrons. The zero-order valence-corrected chi connectivity index (χ0v) is 21.0. The third-order valence-corrected chi connectivity index (χ3v) is 6.40. The Hall–Kier alpha value is -4.17. The van der Waals surface area contributed by atoms with E-state index in [2.05, 4.69) is 0 Å². The molecule has 0 spiro atoms. The van der Waals surface area contributed by atoms with Crippen LogP contribution in [0.1, 0.15) is 41.9 Å². The molecule has 0 saturated heterocycles. The molecule has 0 bridgehead atoms. The maximum absolute atomic E-state index is 14.3. The average molecular weight is 502 g/mol. The number of primary amides is 1. The van der Waals surface area contributed by atoms with Crippen molar-refractivity contribution >= 4 is 17.6 Å². The first-order chi connectivity index (χ1) is 17.8. The lowest BCUT2D eigenvalue weighted by Crippen LogP contribution is -2.49. The summed E-state index contributed by atoms with van der Waals surface area (Å²) in [6.07, 6.45) is 1.18. The number of benzene rings is 3. The summed E-state index contributed by atoms with van der Waals surface area (Å²) in [6.45, 7) is 0.186. The molecule has 0 aliphatic heterocycles. The molecule has 0 aliphatic carbocycles. The molecule has 8 nitrogen and oxygen atoms in total. The molecule has 194 valence electrons. The number of methoxy groups -OCH3 is 1. The van der Waals surface area contributed by atoms with E-state index in [0.29, 0.717) is 25.0 Å². The molecule has 0 aromatic heterocycles. The molecule has 0 heterocycles. The first kappa shape index (κ1) is 27.4. The Labute approximate surface area is 217 Å². The minimum absolute atomic E-state index is 0.116. The summed E-state index contributed by atoms with van der Waals surface area (Å²) < 4.78 is 5.26. The highest BCUT2D eigenvalue weighted by molar-refractivity contribution is 5.92.